The van der Waals surface area contributed by atoms with E-state index in [4.69, 9.17) is 4.42 Å². The van der Waals surface area contributed by atoms with Gasteiger partial charge in [0.05, 0.1) is 33.0 Å². The number of nitrogens with zero attached hydrogens (tertiary/aromatic N) is 3. The summed E-state index contributed by atoms with van der Waals surface area (Å²) in [4.78, 5) is 0. The van der Waals surface area contributed by atoms with Crippen molar-refractivity contribution in [2.45, 2.75) is 0 Å². The lowest BCUT2D eigenvalue weighted by Gasteiger charge is -2.11. The van der Waals surface area contributed by atoms with Gasteiger partial charge in [-0.05, 0) is 89.5 Å². The van der Waals surface area contributed by atoms with E-state index in [0.717, 1.165) is 61.3 Å². The van der Waals surface area contributed by atoms with E-state index in [2.05, 4.69) is 226 Å². The first-order chi connectivity index (χ1) is 29.8. The maximum Gasteiger partial charge on any atom is 0.213 e. The van der Waals surface area contributed by atoms with E-state index < -0.39 is 0 Å². The zero-order valence-electron chi connectivity index (χ0n) is 32.5. The van der Waals surface area contributed by atoms with Gasteiger partial charge in [-0.3, -0.25) is 4.57 Å². The second kappa shape index (κ2) is 12.7. The molecule has 4 heteroatoms. The smallest absolute Gasteiger partial charge is 0.213 e. The van der Waals surface area contributed by atoms with Crippen LogP contribution in [0.25, 0.3) is 116 Å². The molecule has 60 heavy (non-hydrogen) atoms. The molecule has 0 spiro atoms. The van der Waals surface area contributed by atoms with Crippen molar-refractivity contribution in [3.05, 3.63) is 212 Å². The van der Waals surface area contributed by atoms with Crippen LogP contribution in [0.2, 0.25) is 0 Å². The zero-order chi connectivity index (χ0) is 39.3. The quantitative estimate of drug-likeness (QED) is 0.171. The standard InChI is InChI=1S/C56H35N3O/c1-3-14-36(15-4-1)38-28-32-52-47(34-38)48-35-41(58-49-23-10-7-18-43(49)44-19-8-11-24-50(44)58)31-33-53(48)57(52)40-29-26-37(27-30-40)42-21-13-22-46-54-45-20-9-12-25-51(45)59(56(54)60-55(42)46)39-16-5-2-6-17-39/h1-35H. The monoisotopic (exact) mass is 765 g/mol. The van der Waals surface area contributed by atoms with E-state index >= 15 is 0 Å². The van der Waals surface area contributed by atoms with Gasteiger partial charge in [-0.15, -0.1) is 0 Å². The molecule has 0 saturated carbocycles. The Labute approximate surface area is 345 Å². The summed E-state index contributed by atoms with van der Waals surface area (Å²) >= 11 is 0. The second-order valence-corrected chi connectivity index (χ2v) is 15.7. The number of fused-ring (bicyclic) bond motifs is 11. The van der Waals surface area contributed by atoms with E-state index in [1.165, 1.54) is 54.6 Å². The first kappa shape index (κ1) is 32.9. The van der Waals surface area contributed by atoms with E-state index in [9.17, 15) is 0 Å². The van der Waals surface area contributed by atoms with Crippen LogP contribution in [0, 0.1) is 0 Å². The average Bonchev–Trinajstić information content (AvgIpc) is 4.05. The molecule has 13 aromatic rings. The van der Waals surface area contributed by atoms with Crippen molar-refractivity contribution in [3.8, 4) is 39.3 Å². The summed E-state index contributed by atoms with van der Waals surface area (Å²) in [7, 11) is 0. The molecule has 13 rings (SSSR count). The lowest BCUT2D eigenvalue weighted by molar-refractivity contribution is 0.646. The SMILES string of the molecule is c1ccc(-c2ccc3c(c2)c2cc(-n4c5ccccc5c5ccccc54)ccc2n3-c2ccc(-c3cccc4c3oc3c4c4ccccc4n3-c3ccccc3)cc2)cc1. The van der Waals surface area contributed by atoms with E-state index in [1.54, 1.807) is 0 Å². The summed E-state index contributed by atoms with van der Waals surface area (Å²) < 4.78 is 14.0. The first-order valence-electron chi connectivity index (χ1n) is 20.5. The van der Waals surface area contributed by atoms with Gasteiger partial charge >= 0.3 is 0 Å². The maximum atomic E-state index is 6.93. The predicted molar refractivity (Wildman–Crippen MR) is 250 cm³/mol. The lowest BCUT2D eigenvalue weighted by atomic mass is 10.0. The molecular weight excluding hydrogens is 731 g/mol. The Morgan fingerprint density at radius 3 is 1.50 bits per heavy atom. The first-order valence-corrected chi connectivity index (χ1v) is 20.5. The number of para-hydroxylation sites is 5. The normalized spacial score (nSPS) is 12.0. The fourth-order valence-corrected chi connectivity index (χ4v) is 9.80. The molecule has 0 atom stereocenters. The summed E-state index contributed by atoms with van der Waals surface area (Å²) in [6, 6.07) is 76.6. The highest BCUT2D eigenvalue weighted by Crippen LogP contribution is 2.43. The van der Waals surface area contributed by atoms with Crippen molar-refractivity contribution >= 4 is 76.6 Å². The van der Waals surface area contributed by atoms with Crippen LogP contribution in [0.3, 0.4) is 0 Å². The summed E-state index contributed by atoms with van der Waals surface area (Å²) in [6.07, 6.45) is 0. The summed E-state index contributed by atoms with van der Waals surface area (Å²) in [6.45, 7) is 0. The molecule has 0 fully saturated rings. The third-order valence-corrected chi connectivity index (χ3v) is 12.5. The molecule has 0 bridgehead atoms. The molecule has 0 amide bonds. The number of benzene rings is 9. The minimum absolute atomic E-state index is 0.863. The van der Waals surface area contributed by atoms with E-state index in [0.29, 0.717) is 0 Å². The van der Waals surface area contributed by atoms with E-state index in [-0.39, 0.29) is 0 Å². The van der Waals surface area contributed by atoms with Gasteiger partial charge in [0.25, 0.3) is 0 Å². The Balaban J connectivity index is 0.990. The molecule has 0 radical (unpaired) electrons. The number of aromatic nitrogens is 3. The topological polar surface area (TPSA) is 27.9 Å². The van der Waals surface area contributed by atoms with Crippen molar-refractivity contribution in [1.82, 2.24) is 13.7 Å². The highest BCUT2D eigenvalue weighted by Gasteiger charge is 2.22. The van der Waals surface area contributed by atoms with Gasteiger partial charge < -0.3 is 13.6 Å². The summed E-state index contributed by atoms with van der Waals surface area (Å²) in [5.74, 6) is 0. The molecule has 0 aliphatic heterocycles. The Morgan fingerprint density at radius 2 is 0.783 bits per heavy atom. The molecule has 0 aliphatic rings. The highest BCUT2D eigenvalue weighted by molar-refractivity contribution is 6.22. The van der Waals surface area contributed by atoms with Crippen LogP contribution in [0.15, 0.2) is 217 Å². The molecule has 0 unspecified atom stereocenters. The summed E-state index contributed by atoms with van der Waals surface area (Å²) in [5, 5.41) is 8.40. The van der Waals surface area contributed by atoms with Gasteiger partial charge in [0.1, 0.15) is 5.58 Å². The van der Waals surface area contributed by atoms with Crippen LogP contribution in [-0.2, 0) is 0 Å². The molecule has 4 heterocycles. The zero-order valence-corrected chi connectivity index (χ0v) is 32.5. The van der Waals surface area contributed by atoms with Crippen molar-refractivity contribution in [1.29, 1.82) is 0 Å². The van der Waals surface area contributed by atoms with Gasteiger partial charge in [0.2, 0.25) is 5.71 Å². The molecule has 0 aliphatic carbocycles. The van der Waals surface area contributed by atoms with E-state index in [1.807, 2.05) is 0 Å². The largest absolute Gasteiger partial charge is 0.438 e. The third-order valence-electron chi connectivity index (χ3n) is 12.5. The Morgan fingerprint density at radius 1 is 0.283 bits per heavy atom. The highest BCUT2D eigenvalue weighted by atomic mass is 16.3. The fraction of sp³-hybridized carbons (Fsp3) is 0. The minimum atomic E-state index is 0.863. The molecule has 4 nitrogen and oxygen atoms in total. The minimum Gasteiger partial charge on any atom is -0.438 e. The maximum absolute atomic E-state index is 6.93. The number of furan rings is 1. The van der Waals surface area contributed by atoms with Gasteiger partial charge in [-0.25, -0.2) is 0 Å². The number of rotatable bonds is 5. The van der Waals surface area contributed by atoms with Crippen molar-refractivity contribution < 1.29 is 4.42 Å². The van der Waals surface area contributed by atoms with Crippen LogP contribution in [-0.4, -0.2) is 13.7 Å². The van der Waals surface area contributed by atoms with Gasteiger partial charge in [0, 0.05) is 54.9 Å². The van der Waals surface area contributed by atoms with Gasteiger partial charge in [0.15, 0.2) is 0 Å². The van der Waals surface area contributed by atoms with Crippen molar-refractivity contribution in [2.75, 3.05) is 0 Å². The van der Waals surface area contributed by atoms with Crippen LogP contribution in [0.4, 0.5) is 0 Å². The second-order valence-electron chi connectivity index (χ2n) is 15.7. The van der Waals surface area contributed by atoms with Crippen molar-refractivity contribution in [2.24, 2.45) is 0 Å². The van der Waals surface area contributed by atoms with Crippen LogP contribution < -0.4 is 0 Å². The Kier molecular flexibility index (Phi) is 6.98. The lowest BCUT2D eigenvalue weighted by Crippen LogP contribution is -1.96. The van der Waals surface area contributed by atoms with Crippen LogP contribution in [0.5, 0.6) is 0 Å². The number of hydrogen-bond donors (Lipinski definition) is 0. The third kappa shape index (κ3) is 4.73. The van der Waals surface area contributed by atoms with Crippen LogP contribution in [0.1, 0.15) is 0 Å². The molecule has 280 valence electrons. The van der Waals surface area contributed by atoms with Crippen molar-refractivity contribution in [3.63, 3.8) is 0 Å². The molecule has 0 N–H and O–H groups in total. The molecular formula is C56H35N3O. The predicted octanol–water partition coefficient (Wildman–Crippen LogP) is 15.1. The Hall–Kier alpha value is -8.08. The average molecular weight is 766 g/mol. The fourth-order valence-electron chi connectivity index (χ4n) is 9.80. The summed E-state index contributed by atoms with van der Waals surface area (Å²) in [5.41, 5.74) is 15.6. The molecule has 9 aromatic carbocycles. The van der Waals surface area contributed by atoms with Crippen LogP contribution >= 0.6 is 0 Å². The van der Waals surface area contributed by atoms with Gasteiger partial charge in [-0.2, -0.15) is 0 Å². The molecule has 0 saturated heterocycles. The molecule has 4 aromatic heterocycles. The van der Waals surface area contributed by atoms with Gasteiger partial charge in [-0.1, -0.05) is 140 Å². The number of hydrogen-bond acceptors (Lipinski definition) is 1. The Bertz CT molecular complexity index is 3750.